The first-order chi connectivity index (χ1) is 8.59. The van der Waals surface area contributed by atoms with E-state index < -0.39 is 5.60 Å². The Morgan fingerprint density at radius 3 is 2.44 bits per heavy atom. The van der Waals surface area contributed by atoms with Crippen LogP contribution in [0.4, 0.5) is 0 Å². The molecule has 18 heavy (non-hydrogen) atoms. The van der Waals surface area contributed by atoms with Crippen molar-refractivity contribution in [1.29, 1.82) is 0 Å². The molecule has 1 heterocycles. The molecule has 4 heteroatoms. The van der Waals surface area contributed by atoms with Gasteiger partial charge in [0.1, 0.15) is 18.0 Å². The molecule has 1 saturated heterocycles. The van der Waals surface area contributed by atoms with E-state index >= 15 is 0 Å². The fourth-order valence-electron chi connectivity index (χ4n) is 1.77. The van der Waals surface area contributed by atoms with Crippen molar-refractivity contribution in [1.82, 2.24) is 0 Å². The Bertz CT molecular complexity index is 355. The van der Waals surface area contributed by atoms with E-state index in [1.54, 1.807) is 0 Å². The highest BCUT2D eigenvalue weighted by atomic mass is 16.7. The molecule has 1 aliphatic rings. The highest BCUT2D eigenvalue weighted by Gasteiger charge is 2.36. The predicted octanol–water partition coefficient (Wildman–Crippen LogP) is 1.83. The molecule has 0 atom stereocenters. The fraction of sp³-hybridized carbons (Fsp3) is 0.571. The third-order valence-electron chi connectivity index (χ3n) is 2.83. The average molecular weight is 252 g/mol. The van der Waals surface area contributed by atoms with Crippen LogP contribution in [0.15, 0.2) is 30.3 Å². The molecule has 1 aromatic carbocycles. The summed E-state index contributed by atoms with van der Waals surface area (Å²) < 4.78 is 16.5. The van der Waals surface area contributed by atoms with Crippen molar-refractivity contribution in [3.05, 3.63) is 30.3 Å². The van der Waals surface area contributed by atoms with Gasteiger partial charge in [0, 0.05) is 5.92 Å². The lowest BCUT2D eigenvalue weighted by atomic mass is 10.1. The van der Waals surface area contributed by atoms with Crippen LogP contribution in [0.25, 0.3) is 0 Å². The summed E-state index contributed by atoms with van der Waals surface area (Å²) >= 11 is 0. The van der Waals surface area contributed by atoms with Crippen LogP contribution >= 0.6 is 0 Å². The SMILES string of the molecule is CC(C)C1OCC(O)(COc2ccccc2)CO1. The van der Waals surface area contributed by atoms with Crippen LogP contribution in [0, 0.1) is 5.92 Å². The lowest BCUT2D eigenvalue weighted by molar-refractivity contribution is -0.270. The van der Waals surface area contributed by atoms with Gasteiger partial charge in [-0.15, -0.1) is 0 Å². The Labute approximate surface area is 107 Å². The van der Waals surface area contributed by atoms with Crippen LogP contribution in [0.5, 0.6) is 5.75 Å². The monoisotopic (exact) mass is 252 g/mol. The van der Waals surface area contributed by atoms with Crippen molar-refractivity contribution in [3.63, 3.8) is 0 Å². The van der Waals surface area contributed by atoms with Crippen LogP contribution in [0.2, 0.25) is 0 Å². The van der Waals surface area contributed by atoms with Crippen molar-refractivity contribution >= 4 is 0 Å². The van der Waals surface area contributed by atoms with E-state index in [0.29, 0.717) is 0 Å². The second-order valence-corrected chi connectivity index (χ2v) is 5.06. The summed E-state index contributed by atoms with van der Waals surface area (Å²) in [5, 5.41) is 10.3. The van der Waals surface area contributed by atoms with Crippen molar-refractivity contribution in [3.8, 4) is 5.75 Å². The predicted molar refractivity (Wildman–Crippen MR) is 67.4 cm³/mol. The van der Waals surface area contributed by atoms with E-state index in [-0.39, 0.29) is 32.0 Å². The number of hydrogen-bond donors (Lipinski definition) is 1. The number of rotatable bonds is 4. The molecule has 0 aromatic heterocycles. The summed E-state index contributed by atoms with van der Waals surface area (Å²) in [6, 6.07) is 9.40. The van der Waals surface area contributed by atoms with E-state index in [1.807, 2.05) is 44.2 Å². The van der Waals surface area contributed by atoms with E-state index in [4.69, 9.17) is 14.2 Å². The van der Waals surface area contributed by atoms with Gasteiger partial charge in [-0.25, -0.2) is 0 Å². The van der Waals surface area contributed by atoms with E-state index in [1.165, 1.54) is 0 Å². The minimum absolute atomic E-state index is 0.168. The molecule has 4 nitrogen and oxygen atoms in total. The Hall–Kier alpha value is -1.10. The lowest BCUT2D eigenvalue weighted by Crippen LogP contribution is -2.52. The third-order valence-corrected chi connectivity index (χ3v) is 2.83. The molecule has 1 aliphatic heterocycles. The standard InChI is InChI=1S/C14H20O4/c1-11(2)13-17-9-14(15,10-18-13)8-16-12-6-4-3-5-7-12/h3-7,11,13,15H,8-10H2,1-2H3. The maximum atomic E-state index is 10.3. The van der Waals surface area contributed by atoms with Gasteiger partial charge in [0.25, 0.3) is 0 Å². The van der Waals surface area contributed by atoms with Gasteiger partial charge in [0.05, 0.1) is 13.2 Å². The van der Waals surface area contributed by atoms with Crippen molar-refractivity contribution in [2.75, 3.05) is 19.8 Å². The Morgan fingerprint density at radius 1 is 1.28 bits per heavy atom. The topological polar surface area (TPSA) is 47.9 Å². The summed E-state index contributed by atoms with van der Waals surface area (Å²) in [4.78, 5) is 0. The summed E-state index contributed by atoms with van der Waals surface area (Å²) in [6.07, 6.45) is -0.234. The largest absolute Gasteiger partial charge is 0.490 e. The normalized spacial score (nSPS) is 28.3. The van der Waals surface area contributed by atoms with Gasteiger partial charge in [-0.1, -0.05) is 32.0 Å². The smallest absolute Gasteiger partial charge is 0.160 e. The fourth-order valence-corrected chi connectivity index (χ4v) is 1.77. The number of hydrogen-bond acceptors (Lipinski definition) is 4. The molecule has 0 unspecified atom stereocenters. The highest BCUT2D eigenvalue weighted by Crippen LogP contribution is 2.21. The molecule has 0 radical (unpaired) electrons. The zero-order chi connectivity index (χ0) is 13.0. The van der Waals surface area contributed by atoms with Crippen LogP contribution in [0.1, 0.15) is 13.8 Å². The van der Waals surface area contributed by atoms with Gasteiger partial charge in [0.2, 0.25) is 0 Å². The molecule has 100 valence electrons. The lowest BCUT2D eigenvalue weighted by Gasteiger charge is -2.37. The Kier molecular flexibility index (Phi) is 4.22. The minimum atomic E-state index is -1.07. The minimum Gasteiger partial charge on any atom is -0.490 e. The Morgan fingerprint density at radius 2 is 1.89 bits per heavy atom. The molecular formula is C14H20O4. The molecule has 0 amide bonds. The second-order valence-electron chi connectivity index (χ2n) is 5.06. The first-order valence-corrected chi connectivity index (χ1v) is 6.22. The maximum Gasteiger partial charge on any atom is 0.160 e. The second kappa shape index (κ2) is 5.69. The summed E-state index contributed by atoms with van der Waals surface area (Å²) in [5.74, 6) is 1.02. The number of benzene rings is 1. The summed E-state index contributed by atoms with van der Waals surface area (Å²) in [7, 11) is 0. The zero-order valence-electron chi connectivity index (χ0n) is 10.8. The number of para-hydroxylation sites is 1. The third kappa shape index (κ3) is 3.45. The van der Waals surface area contributed by atoms with Crippen molar-refractivity contribution < 1.29 is 19.3 Å². The molecule has 1 N–H and O–H groups in total. The van der Waals surface area contributed by atoms with E-state index in [0.717, 1.165) is 5.75 Å². The van der Waals surface area contributed by atoms with Gasteiger partial charge in [0.15, 0.2) is 6.29 Å². The van der Waals surface area contributed by atoms with Crippen LogP contribution in [-0.2, 0) is 9.47 Å². The first kappa shape index (κ1) is 13.3. The quantitative estimate of drug-likeness (QED) is 0.888. The van der Waals surface area contributed by atoms with Crippen LogP contribution < -0.4 is 4.74 Å². The molecule has 2 rings (SSSR count). The Balaban J connectivity index is 1.83. The zero-order valence-corrected chi connectivity index (χ0v) is 10.8. The first-order valence-electron chi connectivity index (χ1n) is 6.22. The van der Waals surface area contributed by atoms with Crippen LogP contribution in [0.3, 0.4) is 0 Å². The van der Waals surface area contributed by atoms with E-state index in [9.17, 15) is 5.11 Å². The van der Waals surface area contributed by atoms with Crippen LogP contribution in [-0.4, -0.2) is 36.8 Å². The number of ether oxygens (including phenoxy) is 3. The molecule has 0 aliphatic carbocycles. The van der Waals surface area contributed by atoms with Gasteiger partial charge < -0.3 is 19.3 Å². The van der Waals surface area contributed by atoms with Gasteiger partial charge in [-0.3, -0.25) is 0 Å². The van der Waals surface area contributed by atoms with Crippen molar-refractivity contribution in [2.24, 2.45) is 5.92 Å². The maximum absolute atomic E-state index is 10.3. The highest BCUT2D eigenvalue weighted by molar-refractivity contribution is 5.21. The molecule has 1 fully saturated rings. The molecule has 0 saturated carbocycles. The number of aliphatic hydroxyl groups is 1. The van der Waals surface area contributed by atoms with Gasteiger partial charge in [-0.2, -0.15) is 0 Å². The summed E-state index contributed by atoms with van der Waals surface area (Å²) in [6.45, 7) is 4.69. The van der Waals surface area contributed by atoms with Gasteiger partial charge in [-0.05, 0) is 12.1 Å². The molecular weight excluding hydrogens is 232 g/mol. The molecule has 0 spiro atoms. The average Bonchev–Trinajstić information content (AvgIpc) is 2.38. The summed E-state index contributed by atoms with van der Waals surface area (Å²) in [5.41, 5.74) is -1.07. The van der Waals surface area contributed by atoms with Gasteiger partial charge >= 0.3 is 0 Å². The van der Waals surface area contributed by atoms with E-state index in [2.05, 4.69) is 0 Å². The molecule has 1 aromatic rings. The molecule has 0 bridgehead atoms. The van der Waals surface area contributed by atoms with Crippen molar-refractivity contribution in [2.45, 2.75) is 25.7 Å².